The van der Waals surface area contributed by atoms with Crippen LogP contribution in [0.2, 0.25) is 0 Å². The van der Waals surface area contributed by atoms with Gasteiger partial charge in [0.05, 0.1) is 6.04 Å². The summed E-state index contributed by atoms with van der Waals surface area (Å²) in [6.07, 6.45) is 10.2. The molecule has 0 aliphatic carbocycles. The Balaban J connectivity index is 1.31. The molecule has 1 amide bonds. The van der Waals surface area contributed by atoms with E-state index in [-0.39, 0.29) is 11.9 Å². The van der Waals surface area contributed by atoms with Crippen molar-refractivity contribution in [1.29, 1.82) is 0 Å². The molecule has 2 aliphatic rings. The number of thiophene rings is 1. The van der Waals surface area contributed by atoms with Gasteiger partial charge in [-0.2, -0.15) is 0 Å². The number of likely N-dealkylation sites (tertiary alicyclic amines) is 1. The Bertz CT molecular complexity index is 1100. The van der Waals surface area contributed by atoms with Crippen LogP contribution in [0.4, 0.5) is 0 Å². The van der Waals surface area contributed by atoms with Crippen molar-refractivity contribution in [3.63, 3.8) is 0 Å². The van der Waals surface area contributed by atoms with E-state index in [0.29, 0.717) is 0 Å². The normalized spacial score (nSPS) is 19.0. The second kappa shape index (κ2) is 9.09. The summed E-state index contributed by atoms with van der Waals surface area (Å²) in [5.74, 6) is 2.12. The highest BCUT2D eigenvalue weighted by molar-refractivity contribution is 9.10. The molecule has 1 aromatic carbocycles. The van der Waals surface area contributed by atoms with Crippen LogP contribution in [0.1, 0.15) is 54.7 Å². The van der Waals surface area contributed by atoms with Gasteiger partial charge in [-0.15, -0.1) is 21.5 Å². The number of fused-ring (bicyclic) bond motifs is 1. The molecule has 0 saturated carbocycles. The van der Waals surface area contributed by atoms with E-state index in [2.05, 4.69) is 55.0 Å². The van der Waals surface area contributed by atoms with Gasteiger partial charge in [-0.05, 0) is 61.6 Å². The molecule has 31 heavy (non-hydrogen) atoms. The number of hydrogen-bond donors (Lipinski definition) is 0. The summed E-state index contributed by atoms with van der Waals surface area (Å²) >= 11 is 5.18. The van der Waals surface area contributed by atoms with Crippen LogP contribution in [0.3, 0.4) is 0 Å². The predicted octanol–water partition coefficient (Wildman–Crippen LogP) is 5.87. The summed E-state index contributed by atoms with van der Waals surface area (Å²) in [5, 5.41) is 8.95. The third kappa shape index (κ3) is 4.39. The molecule has 0 N–H and O–H groups in total. The minimum atomic E-state index is 0.0400. The predicted molar refractivity (Wildman–Crippen MR) is 128 cm³/mol. The number of aryl methyl sites for hydroxylation is 1. The Morgan fingerprint density at radius 2 is 1.90 bits per heavy atom. The summed E-state index contributed by atoms with van der Waals surface area (Å²) in [5.41, 5.74) is 1.19. The van der Waals surface area contributed by atoms with Crippen LogP contribution in [-0.4, -0.2) is 32.1 Å². The number of aromatic nitrogens is 3. The maximum absolute atomic E-state index is 13.1. The number of benzene rings is 1. The first-order valence-corrected chi connectivity index (χ1v) is 12.6. The summed E-state index contributed by atoms with van der Waals surface area (Å²) < 4.78 is 3.35. The molecule has 5 rings (SSSR count). The highest BCUT2D eigenvalue weighted by Crippen LogP contribution is 2.33. The number of amides is 1. The van der Waals surface area contributed by atoms with E-state index in [0.717, 1.165) is 59.8 Å². The molecule has 1 fully saturated rings. The number of halogens is 1. The zero-order chi connectivity index (χ0) is 21.2. The first-order valence-electron chi connectivity index (χ1n) is 11.0. The maximum Gasteiger partial charge on any atom is 0.247 e. The molecule has 2 aliphatic heterocycles. The molecular weight excluding hydrogens is 472 g/mol. The van der Waals surface area contributed by atoms with Crippen LogP contribution in [0.15, 0.2) is 46.9 Å². The fourth-order valence-electron chi connectivity index (χ4n) is 4.51. The van der Waals surface area contributed by atoms with Crippen molar-refractivity contribution in [2.24, 2.45) is 0 Å². The second-order valence-corrected chi connectivity index (χ2v) is 10.2. The van der Waals surface area contributed by atoms with E-state index >= 15 is 0 Å². The molecule has 1 unspecified atom stereocenters. The largest absolute Gasteiger partial charge is 0.329 e. The summed E-state index contributed by atoms with van der Waals surface area (Å²) in [6.45, 7) is 1.75. The Hall–Kier alpha value is -2.25. The monoisotopic (exact) mass is 496 g/mol. The lowest BCUT2D eigenvalue weighted by molar-refractivity contribution is -0.127. The van der Waals surface area contributed by atoms with Crippen LogP contribution in [0.5, 0.6) is 0 Å². The van der Waals surface area contributed by atoms with Crippen molar-refractivity contribution in [1.82, 2.24) is 19.7 Å². The van der Waals surface area contributed by atoms with Gasteiger partial charge in [-0.1, -0.05) is 34.5 Å². The highest BCUT2D eigenvalue weighted by Gasteiger charge is 2.33. The zero-order valence-electron chi connectivity index (χ0n) is 17.3. The standard InChI is InChI=1S/C24H25BrN4OS/c25-18-9-7-17(8-10-18)21-13-11-19(31-21)12-14-23(30)28-16-4-5-20(28)24-27-26-22-6-2-1-3-15-29(22)24/h7-14,20H,1-6,15-16H2/b14-12+. The van der Waals surface area contributed by atoms with Crippen molar-refractivity contribution in [3.8, 4) is 10.4 Å². The van der Waals surface area contributed by atoms with Gasteiger partial charge in [0, 0.05) is 39.8 Å². The van der Waals surface area contributed by atoms with Crippen LogP contribution in [-0.2, 0) is 17.8 Å². The van der Waals surface area contributed by atoms with E-state index in [1.165, 1.54) is 23.3 Å². The summed E-state index contributed by atoms with van der Waals surface area (Å²) in [7, 11) is 0. The molecule has 5 nitrogen and oxygen atoms in total. The van der Waals surface area contributed by atoms with Crippen molar-refractivity contribution in [2.45, 2.75) is 51.1 Å². The molecule has 1 saturated heterocycles. The first-order chi connectivity index (χ1) is 15.2. The topological polar surface area (TPSA) is 51.0 Å². The van der Waals surface area contributed by atoms with Crippen molar-refractivity contribution in [2.75, 3.05) is 6.54 Å². The molecule has 160 valence electrons. The molecule has 4 heterocycles. The minimum absolute atomic E-state index is 0.0400. The third-order valence-electron chi connectivity index (χ3n) is 6.12. The van der Waals surface area contributed by atoms with E-state index in [9.17, 15) is 4.79 Å². The van der Waals surface area contributed by atoms with Gasteiger partial charge in [-0.25, -0.2) is 0 Å². The highest BCUT2D eigenvalue weighted by atomic mass is 79.9. The van der Waals surface area contributed by atoms with Crippen molar-refractivity contribution in [3.05, 3.63) is 63.5 Å². The average Bonchev–Trinajstić information content (AvgIpc) is 3.50. The number of rotatable bonds is 4. The molecule has 0 bridgehead atoms. The smallest absolute Gasteiger partial charge is 0.247 e. The van der Waals surface area contributed by atoms with E-state index in [1.54, 1.807) is 17.4 Å². The van der Waals surface area contributed by atoms with Gasteiger partial charge in [0.25, 0.3) is 0 Å². The molecule has 0 spiro atoms. The van der Waals surface area contributed by atoms with Gasteiger partial charge in [0.2, 0.25) is 5.91 Å². The van der Waals surface area contributed by atoms with Crippen LogP contribution in [0.25, 0.3) is 16.5 Å². The lowest BCUT2D eigenvalue weighted by atomic mass is 10.2. The van der Waals surface area contributed by atoms with Crippen molar-refractivity contribution < 1.29 is 4.79 Å². The number of hydrogen-bond acceptors (Lipinski definition) is 4. The fraction of sp³-hybridized carbons (Fsp3) is 0.375. The van der Waals surface area contributed by atoms with Crippen LogP contribution >= 0.6 is 27.3 Å². The van der Waals surface area contributed by atoms with E-state index in [4.69, 9.17) is 0 Å². The van der Waals surface area contributed by atoms with E-state index < -0.39 is 0 Å². The summed E-state index contributed by atoms with van der Waals surface area (Å²) in [6, 6.07) is 12.5. The summed E-state index contributed by atoms with van der Waals surface area (Å²) in [4.78, 5) is 17.3. The first kappa shape index (κ1) is 20.6. The quantitative estimate of drug-likeness (QED) is 0.424. The number of carbonyl (C=O) groups is 1. The second-order valence-electron chi connectivity index (χ2n) is 8.17. The zero-order valence-corrected chi connectivity index (χ0v) is 19.7. The molecule has 3 aromatic rings. The Labute approximate surface area is 194 Å². The maximum atomic E-state index is 13.1. The average molecular weight is 497 g/mol. The molecule has 2 aromatic heterocycles. The lowest BCUT2D eigenvalue weighted by Crippen LogP contribution is -2.30. The molecule has 1 atom stereocenters. The third-order valence-corrected chi connectivity index (χ3v) is 7.75. The van der Waals surface area contributed by atoms with Crippen molar-refractivity contribution >= 4 is 39.2 Å². The van der Waals surface area contributed by atoms with E-state index in [1.807, 2.05) is 23.1 Å². The fourth-order valence-corrected chi connectivity index (χ4v) is 5.69. The number of nitrogens with zero attached hydrogens (tertiary/aromatic N) is 4. The van der Waals surface area contributed by atoms with Crippen LogP contribution in [0, 0.1) is 0 Å². The van der Waals surface area contributed by atoms with Gasteiger partial charge in [-0.3, -0.25) is 4.79 Å². The Kier molecular flexibility index (Phi) is 6.05. The Morgan fingerprint density at radius 1 is 1.03 bits per heavy atom. The minimum Gasteiger partial charge on any atom is -0.329 e. The van der Waals surface area contributed by atoms with Crippen LogP contribution < -0.4 is 0 Å². The van der Waals surface area contributed by atoms with Gasteiger partial charge in [0.15, 0.2) is 5.82 Å². The van der Waals surface area contributed by atoms with Gasteiger partial charge < -0.3 is 9.47 Å². The molecule has 7 heteroatoms. The van der Waals surface area contributed by atoms with Gasteiger partial charge in [0.1, 0.15) is 5.82 Å². The Morgan fingerprint density at radius 3 is 2.77 bits per heavy atom. The lowest BCUT2D eigenvalue weighted by Gasteiger charge is -2.23. The number of carbonyl (C=O) groups excluding carboxylic acids is 1. The molecular formula is C24H25BrN4OS. The van der Waals surface area contributed by atoms with Gasteiger partial charge >= 0.3 is 0 Å². The SMILES string of the molecule is O=C(/C=C/c1ccc(-c2ccc(Br)cc2)s1)N1CCCC1c1nnc2n1CCCCC2. The molecule has 0 radical (unpaired) electrons.